The van der Waals surface area contributed by atoms with Crippen molar-refractivity contribution in [2.24, 2.45) is 16.2 Å². The van der Waals surface area contributed by atoms with E-state index in [9.17, 15) is 0 Å². The van der Waals surface area contributed by atoms with Crippen molar-refractivity contribution < 1.29 is 0 Å². The summed E-state index contributed by atoms with van der Waals surface area (Å²) < 4.78 is 4.68. The van der Waals surface area contributed by atoms with E-state index in [1.165, 1.54) is 0 Å². The Balaban J connectivity index is 4.53. The van der Waals surface area contributed by atoms with Crippen LogP contribution in [0.2, 0.25) is 12.5 Å². The SMILES string of the molecule is CC(C)(C)[CH2][In-2]([CH2]C(C)(C)C)[CH2]C(C)(C)C. The summed E-state index contributed by atoms with van der Waals surface area (Å²) in [5.74, 6) is 0. The minimum absolute atomic E-state index is 0.553. The van der Waals surface area contributed by atoms with Crippen molar-refractivity contribution in [2.45, 2.75) is 74.8 Å². The van der Waals surface area contributed by atoms with Crippen LogP contribution < -0.4 is 0 Å². The summed E-state index contributed by atoms with van der Waals surface area (Å²) >= 11 is -1.36. The summed E-state index contributed by atoms with van der Waals surface area (Å²) in [5.41, 5.74) is 1.66. The van der Waals surface area contributed by atoms with Gasteiger partial charge in [-0.25, -0.2) is 0 Å². The van der Waals surface area contributed by atoms with Crippen molar-refractivity contribution >= 4 is 21.4 Å². The molecule has 0 aromatic heterocycles. The molecule has 0 fully saturated rings. The van der Waals surface area contributed by atoms with Crippen molar-refractivity contribution in [3.05, 3.63) is 0 Å². The molecular formula is C15H33In-2. The molecule has 0 aromatic rings. The zero-order valence-corrected chi connectivity index (χ0v) is 16.5. The molecule has 1 heteroatoms. The second-order valence-electron chi connectivity index (χ2n) is 9.16. The first kappa shape index (κ1) is 16.9. The van der Waals surface area contributed by atoms with Gasteiger partial charge in [-0.3, -0.25) is 0 Å². The van der Waals surface area contributed by atoms with Gasteiger partial charge in [0.2, 0.25) is 0 Å². The molecule has 0 aliphatic heterocycles. The molecule has 0 saturated carbocycles. The van der Waals surface area contributed by atoms with Crippen molar-refractivity contribution in [1.82, 2.24) is 0 Å². The van der Waals surface area contributed by atoms with E-state index in [2.05, 4.69) is 62.3 Å². The molecule has 0 rings (SSSR count). The van der Waals surface area contributed by atoms with E-state index < -0.39 is 21.4 Å². The molecule has 0 aliphatic carbocycles. The summed E-state index contributed by atoms with van der Waals surface area (Å²) in [6, 6.07) is 0. The summed E-state index contributed by atoms with van der Waals surface area (Å²) in [6.07, 6.45) is 0. The third-order valence-electron chi connectivity index (χ3n) is 2.70. The first-order valence-corrected chi connectivity index (χ1v) is 13.8. The van der Waals surface area contributed by atoms with Crippen LogP contribution in [-0.2, 0) is 0 Å². The van der Waals surface area contributed by atoms with Crippen molar-refractivity contribution in [1.29, 1.82) is 0 Å². The average Bonchev–Trinajstić information content (AvgIpc) is 1.70. The molecule has 0 N–H and O–H groups in total. The first-order valence-electron chi connectivity index (χ1n) is 6.79. The predicted molar refractivity (Wildman–Crippen MR) is 78.5 cm³/mol. The van der Waals surface area contributed by atoms with Crippen molar-refractivity contribution in [3.8, 4) is 0 Å². The van der Waals surface area contributed by atoms with Crippen LogP contribution in [0.5, 0.6) is 0 Å². The van der Waals surface area contributed by atoms with Gasteiger partial charge in [-0.1, -0.05) is 0 Å². The molecule has 0 bridgehead atoms. The van der Waals surface area contributed by atoms with Crippen LogP contribution in [0.1, 0.15) is 62.3 Å². The van der Waals surface area contributed by atoms with Crippen LogP contribution in [0.15, 0.2) is 0 Å². The topological polar surface area (TPSA) is 0 Å². The molecule has 0 saturated heterocycles. The molecule has 0 amide bonds. The van der Waals surface area contributed by atoms with Gasteiger partial charge in [0.1, 0.15) is 0 Å². The van der Waals surface area contributed by atoms with Crippen LogP contribution in [-0.4, -0.2) is 21.4 Å². The Morgan fingerprint density at radius 3 is 0.812 bits per heavy atom. The fourth-order valence-electron chi connectivity index (χ4n) is 2.81. The number of hydrogen-bond acceptors (Lipinski definition) is 0. The number of hydrogen-bond donors (Lipinski definition) is 0. The number of rotatable bonds is 3. The van der Waals surface area contributed by atoms with Gasteiger partial charge in [0.15, 0.2) is 0 Å². The molecule has 0 heterocycles. The van der Waals surface area contributed by atoms with Crippen molar-refractivity contribution in [2.75, 3.05) is 0 Å². The minimum atomic E-state index is -1.36. The Kier molecular flexibility index (Phi) is 5.98. The van der Waals surface area contributed by atoms with Gasteiger partial charge in [0.25, 0.3) is 0 Å². The molecule has 0 unspecified atom stereocenters. The van der Waals surface area contributed by atoms with Crippen LogP contribution in [0.3, 0.4) is 0 Å². The molecule has 0 nitrogen and oxygen atoms in total. The van der Waals surface area contributed by atoms with E-state index in [0.29, 0.717) is 16.2 Å². The van der Waals surface area contributed by atoms with E-state index in [-0.39, 0.29) is 0 Å². The van der Waals surface area contributed by atoms with E-state index in [1.807, 2.05) is 0 Å². The van der Waals surface area contributed by atoms with E-state index in [0.717, 1.165) is 0 Å². The molecule has 98 valence electrons. The van der Waals surface area contributed by atoms with Gasteiger partial charge in [0.05, 0.1) is 0 Å². The molecule has 0 radical (unpaired) electrons. The first-order chi connectivity index (χ1) is 6.79. The zero-order valence-electron chi connectivity index (χ0n) is 13.2. The van der Waals surface area contributed by atoms with Gasteiger partial charge < -0.3 is 0 Å². The Morgan fingerprint density at radius 1 is 0.500 bits per heavy atom. The predicted octanol–water partition coefficient (Wildman–Crippen LogP) is 5.62. The quantitative estimate of drug-likeness (QED) is 0.631. The fraction of sp³-hybridized carbons (Fsp3) is 1.00. The Hall–Kier alpha value is 0.870. The second-order valence-corrected chi connectivity index (χ2v) is 17.6. The molecule has 0 atom stereocenters. The van der Waals surface area contributed by atoms with Gasteiger partial charge in [-0.2, -0.15) is 0 Å². The van der Waals surface area contributed by atoms with Crippen LogP contribution in [0, 0.1) is 16.2 Å². The molecule has 0 aliphatic rings. The monoisotopic (exact) mass is 328 g/mol. The van der Waals surface area contributed by atoms with Gasteiger partial charge >= 0.3 is 113 Å². The molecular weight excluding hydrogens is 295 g/mol. The third-order valence-corrected chi connectivity index (χ3v) is 18.1. The Morgan fingerprint density at radius 2 is 0.688 bits per heavy atom. The maximum atomic E-state index is 2.42. The summed E-state index contributed by atoms with van der Waals surface area (Å²) in [5, 5.41) is 0. The Labute approximate surface area is 112 Å². The molecule has 0 spiro atoms. The third kappa shape index (κ3) is 11.4. The van der Waals surface area contributed by atoms with Gasteiger partial charge in [-0.15, -0.1) is 0 Å². The molecule has 0 aromatic carbocycles. The molecule has 16 heavy (non-hydrogen) atoms. The van der Waals surface area contributed by atoms with E-state index >= 15 is 0 Å². The normalized spacial score (nSPS) is 14.6. The maximum absolute atomic E-state index is 2.42. The summed E-state index contributed by atoms with van der Waals surface area (Å²) in [6.45, 7) is 21.8. The summed E-state index contributed by atoms with van der Waals surface area (Å²) in [7, 11) is 0. The van der Waals surface area contributed by atoms with Crippen LogP contribution in [0.25, 0.3) is 0 Å². The Bertz CT molecular complexity index is 159. The van der Waals surface area contributed by atoms with Gasteiger partial charge in [0, 0.05) is 0 Å². The van der Waals surface area contributed by atoms with E-state index in [4.69, 9.17) is 0 Å². The van der Waals surface area contributed by atoms with E-state index in [1.54, 1.807) is 12.5 Å². The van der Waals surface area contributed by atoms with Crippen LogP contribution >= 0.6 is 0 Å². The average molecular weight is 328 g/mol. The standard InChI is InChI=1S/3C5H11.In/c3*1-5(2,3)4;/h3*1H2,2-4H3;/q;;;-2. The summed E-state index contributed by atoms with van der Waals surface area (Å²) in [4.78, 5) is 0. The zero-order chi connectivity index (χ0) is 13.2. The van der Waals surface area contributed by atoms with Crippen molar-refractivity contribution in [3.63, 3.8) is 0 Å². The second kappa shape index (κ2) is 5.67. The fourth-order valence-corrected chi connectivity index (χ4v) is 18.9. The van der Waals surface area contributed by atoms with Gasteiger partial charge in [-0.05, 0) is 0 Å². The van der Waals surface area contributed by atoms with Crippen LogP contribution in [0.4, 0.5) is 0 Å².